The van der Waals surface area contributed by atoms with E-state index >= 15 is 0 Å². The van der Waals surface area contributed by atoms with E-state index < -0.39 is 18.2 Å². The van der Waals surface area contributed by atoms with E-state index in [1.165, 1.54) is 167 Å². The molecule has 0 radical (unpaired) electrons. The first-order chi connectivity index (χ1) is 33.5. The topological polar surface area (TPSA) is 95.9 Å². The first-order valence-corrected chi connectivity index (χ1v) is 29.2. The molecule has 3 N–H and O–H groups in total. The fraction of sp³-hybridized carbons (Fsp3) is 0.774. The summed E-state index contributed by atoms with van der Waals surface area (Å²) in [6.07, 6.45) is 71.0. The SMILES string of the molecule is CCC/C=C/C=C/C=C/C=C/C=C/CCCCCC(CC(=O)NC(CO)C(O)CCCCCCCCCCCCCCCCCC)OC(=O)CCCCCCCCC/C=C/CCCCCCCC. The molecule has 0 aromatic heterocycles. The summed E-state index contributed by atoms with van der Waals surface area (Å²) in [6.45, 7) is 6.40. The maximum absolute atomic E-state index is 13.3. The average molecular weight is 951 g/mol. The highest BCUT2D eigenvalue weighted by Gasteiger charge is 2.24. The highest BCUT2D eigenvalue weighted by atomic mass is 16.5. The summed E-state index contributed by atoms with van der Waals surface area (Å²) in [5, 5.41) is 23.9. The van der Waals surface area contributed by atoms with E-state index in [1.54, 1.807) is 0 Å². The second-order valence-electron chi connectivity index (χ2n) is 19.8. The molecule has 0 aromatic carbocycles. The first kappa shape index (κ1) is 65.3. The van der Waals surface area contributed by atoms with Crippen LogP contribution in [0.3, 0.4) is 0 Å². The van der Waals surface area contributed by atoms with Crippen molar-refractivity contribution >= 4 is 11.9 Å². The van der Waals surface area contributed by atoms with E-state index in [9.17, 15) is 19.8 Å². The van der Waals surface area contributed by atoms with Gasteiger partial charge in [0.15, 0.2) is 0 Å². The lowest BCUT2D eigenvalue weighted by molar-refractivity contribution is -0.151. The summed E-state index contributed by atoms with van der Waals surface area (Å²) in [7, 11) is 0. The first-order valence-electron chi connectivity index (χ1n) is 29.2. The molecule has 0 bridgehead atoms. The molecule has 1 amide bonds. The minimum Gasteiger partial charge on any atom is -0.462 e. The smallest absolute Gasteiger partial charge is 0.306 e. The van der Waals surface area contributed by atoms with E-state index in [-0.39, 0.29) is 24.9 Å². The van der Waals surface area contributed by atoms with E-state index in [2.05, 4.69) is 62.5 Å². The standard InChI is InChI=1S/C62H111NO5/c1-4-7-10-13-16-19-22-25-28-31-34-37-40-43-46-49-52-55-62(67)68-58(53-50-47-44-41-38-35-32-29-26-23-20-17-14-11-8-5-2)56-61(66)63-59(57-64)60(65)54-51-48-45-42-39-36-33-30-27-24-21-18-15-12-9-6-3/h11,14,17,20,23,25-26,28-29,32,35,38,58-60,64-65H,4-10,12-13,15-16,18-19,21-22,24,27,30-31,33-34,36-37,39-57H2,1-3H3,(H,63,66)/b14-11+,20-17+,26-23+,28-25+,32-29+,38-35+. The van der Waals surface area contributed by atoms with Crippen LogP contribution in [0.25, 0.3) is 0 Å². The number of carbonyl (C=O) groups is 2. The van der Waals surface area contributed by atoms with Crippen LogP contribution in [0.2, 0.25) is 0 Å². The molecule has 6 nitrogen and oxygen atoms in total. The molecule has 0 aliphatic heterocycles. The zero-order valence-corrected chi connectivity index (χ0v) is 45.0. The van der Waals surface area contributed by atoms with Crippen molar-refractivity contribution in [3.05, 3.63) is 72.9 Å². The van der Waals surface area contributed by atoms with Gasteiger partial charge in [0.05, 0.1) is 25.2 Å². The van der Waals surface area contributed by atoms with Crippen molar-refractivity contribution in [1.82, 2.24) is 5.32 Å². The molecule has 0 spiro atoms. The Balaban J connectivity index is 4.63. The van der Waals surface area contributed by atoms with Crippen LogP contribution in [-0.4, -0.2) is 46.9 Å². The number of aliphatic hydroxyl groups is 2. The van der Waals surface area contributed by atoms with E-state index in [0.29, 0.717) is 19.3 Å². The second-order valence-corrected chi connectivity index (χ2v) is 19.8. The summed E-state index contributed by atoms with van der Waals surface area (Å²) in [5.74, 6) is -0.515. The Labute approximate surface area is 421 Å². The number of carbonyl (C=O) groups excluding carboxylic acids is 2. The van der Waals surface area contributed by atoms with Gasteiger partial charge in [-0.15, -0.1) is 0 Å². The third-order valence-electron chi connectivity index (χ3n) is 13.1. The number of ether oxygens (including phenoxy) is 1. The van der Waals surface area contributed by atoms with Crippen molar-refractivity contribution in [3.63, 3.8) is 0 Å². The molecule has 0 aliphatic carbocycles. The molecule has 3 unspecified atom stereocenters. The number of unbranched alkanes of at least 4 members (excludes halogenated alkanes) is 32. The Morgan fingerprint density at radius 3 is 1.25 bits per heavy atom. The van der Waals surface area contributed by atoms with Crippen LogP contribution in [0, 0.1) is 0 Å². The number of nitrogens with one attached hydrogen (secondary N) is 1. The van der Waals surface area contributed by atoms with Crippen molar-refractivity contribution in [2.24, 2.45) is 0 Å². The summed E-state index contributed by atoms with van der Waals surface area (Å²) in [4.78, 5) is 26.3. The van der Waals surface area contributed by atoms with Gasteiger partial charge >= 0.3 is 5.97 Å². The minimum absolute atomic E-state index is 0.0463. The quantitative estimate of drug-likeness (QED) is 0.0244. The van der Waals surface area contributed by atoms with Crippen LogP contribution in [0.1, 0.15) is 284 Å². The summed E-state index contributed by atoms with van der Waals surface area (Å²) >= 11 is 0. The monoisotopic (exact) mass is 950 g/mol. The Kier molecular flexibility index (Phi) is 53.0. The maximum Gasteiger partial charge on any atom is 0.306 e. The molecular formula is C62H111NO5. The molecule has 0 rings (SSSR count). The van der Waals surface area contributed by atoms with Crippen molar-refractivity contribution in [1.29, 1.82) is 0 Å². The second kappa shape index (κ2) is 55.2. The molecule has 0 fully saturated rings. The molecule has 0 aliphatic rings. The lowest BCUT2D eigenvalue weighted by Gasteiger charge is -2.24. The van der Waals surface area contributed by atoms with Gasteiger partial charge < -0.3 is 20.3 Å². The third-order valence-corrected chi connectivity index (χ3v) is 13.1. The lowest BCUT2D eigenvalue weighted by Crippen LogP contribution is -2.46. The molecule has 68 heavy (non-hydrogen) atoms. The molecule has 6 heteroatoms. The van der Waals surface area contributed by atoms with E-state index in [0.717, 1.165) is 70.6 Å². The van der Waals surface area contributed by atoms with Gasteiger partial charge in [-0.1, -0.05) is 273 Å². The average Bonchev–Trinajstić information content (AvgIpc) is 3.33. The van der Waals surface area contributed by atoms with Gasteiger partial charge in [-0.25, -0.2) is 0 Å². The normalized spacial score (nSPS) is 13.7. The molecule has 3 atom stereocenters. The highest BCUT2D eigenvalue weighted by Crippen LogP contribution is 2.18. The molecule has 0 saturated carbocycles. The number of hydrogen-bond donors (Lipinski definition) is 3. The van der Waals surface area contributed by atoms with Crippen LogP contribution in [-0.2, 0) is 14.3 Å². The van der Waals surface area contributed by atoms with Gasteiger partial charge in [0, 0.05) is 6.42 Å². The largest absolute Gasteiger partial charge is 0.462 e. The molecule has 0 saturated heterocycles. The zero-order chi connectivity index (χ0) is 49.5. The van der Waals surface area contributed by atoms with Gasteiger partial charge in [-0.3, -0.25) is 9.59 Å². The lowest BCUT2D eigenvalue weighted by atomic mass is 10.0. The zero-order valence-electron chi connectivity index (χ0n) is 45.0. The number of rotatable bonds is 52. The number of aliphatic hydroxyl groups excluding tert-OH is 2. The van der Waals surface area contributed by atoms with Crippen molar-refractivity contribution in [2.45, 2.75) is 302 Å². The predicted molar refractivity (Wildman–Crippen MR) is 296 cm³/mol. The van der Waals surface area contributed by atoms with Crippen LogP contribution >= 0.6 is 0 Å². The van der Waals surface area contributed by atoms with E-state index in [4.69, 9.17) is 4.74 Å². The Morgan fingerprint density at radius 1 is 0.426 bits per heavy atom. The Morgan fingerprint density at radius 2 is 0.794 bits per heavy atom. The summed E-state index contributed by atoms with van der Waals surface area (Å²) in [6, 6.07) is -0.720. The predicted octanol–water partition coefficient (Wildman–Crippen LogP) is 18.1. The van der Waals surface area contributed by atoms with Gasteiger partial charge in [-0.2, -0.15) is 0 Å². The summed E-state index contributed by atoms with van der Waals surface area (Å²) in [5.41, 5.74) is 0. The van der Waals surface area contributed by atoms with Gasteiger partial charge in [-0.05, 0) is 70.6 Å². The van der Waals surface area contributed by atoms with Gasteiger partial charge in [0.2, 0.25) is 5.91 Å². The van der Waals surface area contributed by atoms with Crippen LogP contribution in [0.15, 0.2) is 72.9 Å². The van der Waals surface area contributed by atoms with Crippen LogP contribution in [0.4, 0.5) is 0 Å². The molecule has 0 aromatic rings. The van der Waals surface area contributed by atoms with Crippen LogP contribution < -0.4 is 5.32 Å². The number of esters is 1. The fourth-order valence-electron chi connectivity index (χ4n) is 8.69. The van der Waals surface area contributed by atoms with Gasteiger partial charge in [0.25, 0.3) is 0 Å². The van der Waals surface area contributed by atoms with Crippen LogP contribution in [0.5, 0.6) is 0 Å². The third kappa shape index (κ3) is 49.7. The Hall–Kier alpha value is -2.70. The number of amides is 1. The van der Waals surface area contributed by atoms with Crippen molar-refractivity contribution in [3.8, 4) is 0 Å². The maximum atomic E-state index is 13.3. The Bertz CT molecular complexity index is 1250. The summed E-state index contributed by atoms with van der Waals surface area (Å²) < 4.78 is 5.94. The number of hydrogen-bond acceptors (Lipinski definition) is 5. The fourth-order valence-corrected chi connectivity index (χ4v) is 8.69. The molecule has 394 valence electrons. The molecule has 0 heterocycles. The van der Waals surface area contributed by atoms with Gasteiger partial charge in [0.1, 0.15) is 6.10 Å². The minimum atomic E-state index is -0.804. The van der Waals surface area contributed by atoms with Crippen molar-refractivity contribution in [2.75, 3.05) is 6.61 Å². The van der Waals surface area contributed by atoms with Crippen molar-refractivity contribution < 1.29 is 24.5 Å². The highest BCUT2D eigenvalue weighted by molar-refractivity contribution is 5.77. The van der Waals surface area contributed by atoms with E-state index in [1.807, 2.05) is 36.5 Å². The number of allylic oxidation sites excluding steroid dienone is 12. The molecular weight excluding hydrogens is 839 g/mol.